The third-order valence-corrected chi connectivity index (χ3v) is 6.93. The van der Waals surface area contributed by atoms with Crippen molar-refractivity contribution in [3.8, 4) is 0 Å². The summed E-state index contributed by atoms with van der Waals surface area (Å²) in [6.07, 6.45) is -1.62. The van der Waals surface area contributed by atoms with Crippen LogP contribution in [0.25, 0.3) is 0 Å². The average Bonchev–Trinajstić information content (AvgIpc) is 2.66. The molecule has 0 saturated carbocycles. The first-order valence-corrected chi connectivity index (χ1v) is 12.5. The van der Waals surface area contributed by atoms with E-state index < -0.39 is 76.1 Å². The van der Waals surface area contributed by atoms with Crippen molar-refractivity contribution < 1.29 is 62.4 Å². The molecule has 0 aliphatic heterocycles. The molecule has 0 heterocycles. The van der Waals surface area contributed by atoms with Gasteiger partial charge in [-0.05, 0) is 12.8 Å². The topological polar surface area (TPSA) is 143 Å². The van der Waals surface area contributed by atoms with Gasteiger partial charge in [-0.3, -0.25) is 19.2 Å². The Bertz CT molecular complexity index is 910. The smallest absolute Gasteiger partial charge is 0.273 e. The molecule has 0 aromatic heterocycles. The van der Waals surface area contributed by atoms with Gasteiger partial charge < -0.3 is 0 Å². The van der Waals surface area contributed by atoms with Crippen molar-refractivity contribution in [2.45, 2.75) is 76.2 Å². The summed E-state index contributed by atoms with van der Waals surface area (Å²) in [6, 6.07) is 0. The Kier molecular flexibility index (Phi) is 11.2. The molecule has 10 nitrogen and oxygen atoms in total. The van der Waals surface area contributed by atoms with Gasteiger partial charge in [0.25, 0.3) is 0 Å². The van der Waals surface area contributed by atoms with Crippen molar-refractivity contribution in [2.24, 2.45) is 0 Å². The maximum absolute atomic E-state index is 13.0. The zero-order valence-electron chi connectivity index (χ0n) is 17.9. The zero-order chi connectivity index (χ0) is 27.1. The largest absolute Gasteiger partial charge is 0.517 e. The molecule has 0 radical (unpaired) electrons. The number of hydrogen-bond donors (Lipinski definition) is 0. The van der Waals surface area contributed by atoms with Gasteiger partial charge >= 0.3 is 42.9 Å². The molecule has 0 spiro atoms. The number of amides is 4. The molecular formula is C16H22F6N2O8S2. The predicted molar refractivity (Wildman–Crippen MR) is 102 cm³/mol. The van der Waals surface area contributed by atoms with Gasteiger partial charge in [-0.1, -0.05) is 39.5 Å². The van der Waals surface area contributed by atoms with Gasteiger partial charge in [-0.2, -0.15) is 51.8 Å². The van der Waals surface area contributed by atoms with Crippen molar-refractivity contribution in [3.63, 3.8) is 0 Å². The van der Waals surface area contributed by atoms with Gasteiger partial charge in [-0.15, -0.1) is 0 Å². The van der Waals surface area contributed by atoms with E-state index in [1.165, 1.54) is 0 Å². The molecule has 0 N–H and O–H groups in total. The van der Waals surface area contributed by atoms with E-state index >= 15 is 0 Å². The summed E-state index contributed by atoms with van der Waals surface area (Å²) >= 11 is 0. The average molecular weight is 548 g/mol. The highest BCUT2D eigenvalue weighted by molar-refractivity contribution is 7.91. The maximum atomic E-state index is 13.0. The summed E-state index contributed by atoms with van der Waals surface area (Å²) in [7, 11) is -14.0. The molecule has 0 unspecified atom stereocenters. The molecule has 0 saturated heterocycles. The van der Waals surface area contributed by atoms with Gasteiger partial charge in [-0.25, -0.2) is 0 Å². The number of hydrogen-bond acceptors (Lipinski definition) is 8. The minimum absolute atomic E-state index is 0.151. The Morgan fingerprint density at radius 3 is 1.06 bits per heavy atom. The van der Waals surface area contributed by atoms with Crippen LogP contribution in [-0.4, -0.2) is 60.1 Å². The van der Waals surface area contributed by atoms with Gasteiger partial charge in [0.2, 0.25) is 11.8 Å². The Morgan fingerprint density at radius 2 is 0.853 bits per heavy atom. The van der Waals surface area contributed by atoms with Crippen LogP contribution in [-0.2, 0) is 39.2 Å². The number of alkyl halides is 6. The number of nitrogens with zero attached hydrogens (tertiary/aromatic N) is 2. The summed E-state index contributed by atoms with van der Waals surface area (Å²) in [4.78, 5) is 48.8. The minimum atomic E-state index is -6.98. The van der Waals surface area contributed by atoms with Gasteiger partial charge in [0.05, 0.1) is 0 Å². The first-order chi connectivity index (χ1) is 15.3. The number of halogens is 6. The van der Waals surface area contributed by atoms with Crippen LogP contribution in [0.1, 0.15) is 65.2 Å². The van der Waals surface area contributed by atoms with Crippen LogP contribution < -0.4 is 0 Å². The van der Waals surface area contributed by atoms with E-state index in [4.69, 9.17) is 0 Å². The second kappa shape index (κ2) is 11.9. The molecule has 0 aromatic rings. The van der Waals surface area contributed by atoms with E-state index in [0.717, 1.165) is 0 Å². The standard InChI is InChI=1S/C16H22F6N2O8S2/c1-3-5-7-9-11(25)23(33(29,30)15(17,18)19)13(27)14(28)24(12(26)10-8-6-4-2)34(31,32)16(20,21)22/h3-10H2,1-2H3. The highest BCUT2D eigenvalue weighted by Gasteiger charge is 2.59. The fourth-order valence-electron chi connectivity index (χ4n) is 2.35. The molecule has 0 aliphatic rings. The highest BCUT2D eigenvalue weighted by atomic mass is 32.2. The third-order valence-electron chi connectivity index (χ3n) is 4.06. The number of rotatable bonds is 10. The minimum Gasteiger partial charge on any atom is -0.273 e. The van der Waals surface area contributed by atoms with Gasteiger partial charge in [0.15, 0.2) is 0 Å². The number of carbonyl (C=O) groups excluding carboxylic acids is 4. The number of unbranched alkanes of at least 4 members (excludes halogenated alkanes) is 4. The lowest BCUT2D eigenvalue weighted by Crippen LogP contribution is -2.57. The van der Waals surface area contributed by atoms with Crippen molar-refractivity contribution in [1.29, 1.82) is 0 Å². The third kappa shape index (κ3) is 7.38. The van der Waals surface area contributed by atoms with Crippen molar-refractivity contribution in [3.05, 3.63) is 0 Å². The second-order valence-electron chi connectivity index (χ2n) is 6.74. The lowest BCUT2D eigenvalue weighted by atomic mass is 10.2. The van der Waals surface area contributed by atoms with Crippen molar-refractivity contribution in [1.82, 2.24) is 8.61 Å². The number of imide groups is 2. The van der Waals surface area contributed by atoms with Crippen molar-refractivity contribution in [2.75, 3.05) is 0 Å². The number of sulfonamides is 2. The van der Waals surface area contributed by atoms with Crippen LogP contribution in [0.4, 0.5) is 26.3 Å². The fraction of sp³-hybridized carbons (Fsp3) is 0.750. The molecule has 34 heavy (non-hydrogen) atoms. The summed E-state index contributed by atoms with van der Waals surface area (Å²) in [5.41, 5.74) is -12.7. The Labute approximate surface area is 191 Å². The van der Waals surface area contributed by atoms with E-state index in [-0.39, 0.29) is 25.7 Å². The number of carbonyl (C=O) groups is 4. The molecule has 0 atom stereocenters. The van der Waals surface area contributed by atoms with Crippen LogP contribution in [0.5, 0.6) is 0 Å². The summed E-state index contributed by atoms with van der Waals surface area (Å²) in [5.74, 6) is -10.5. The molecule has 0 aliphatic carbocycles. The molecule has 0 fully saturated rings. The first-order valence-electron chi connectivity index (χ1n) is 9.66. The zero-order valence-corrected chi connectivity index (χ0v) is 19.5. The Balaban J connectivity index is 6.62. The monoisotopic (exact) mass is 548 g/mol. The van der Waals surface area contributed by atoms with E-state index in [9.17, 15) is 62.4 Å². The molecule has 4 amide bonds. The summed E-state index contributed by atoms with van der Waals surface area (Å²) < 4.78 is 122. The molecule has 0 aromatic carbocycles. The molecule has 198 valence electrons. The molecule has 18 heteroatoms. The van der Waals surface area contributed by atoms with Crippen LogP contribution in [0.3, 0.4) is 0 Å². The highest BCUT2D eigenvalue weighted by Crippen LogP contribution is 2.31. The van der Waals surface area contributed by atoms with Crippen LogP contribution in [0, 0.1) is 0 Å². The maximum Gasteiger partial charge on any atom is 0.517 e. The van der Waals surface area contributed by atoms with Gasteiger partial charge in [0.1, 0.15) is 0 Å². The SMILES string of the molecule is CCCCCC(=O)N(C(=O)C(=O)N(C(=O)CCCCC)S(=O)(=O)C(F)(F)F)S(=O)(=O)C(F)(F)F. The fourth-order valence-corrected chi connectivity index (χ4v) is 4.07. The normalized spacial score (nSPS) is 12.8. The molecule has 0 rings (SSSR count). The summed E-state index contributed by atoms with van der Waals surface area (Å²) in [6.45, 7) is 3.15. The Hall–Kier alpha value is -2.24. The van der Waals surface area contributed by atoms with Gasteiger partial charge in [0, 0.05) is 12.8 Å². The quantitative estimate of drug-likeness (QED) is 0.230. The lowest BCUT2D eigenvalue weighted by molar-refractivity contribution is -0.155. The summed E-state index contributed by atoms with van der Waals surface area (Å²) in [5, 5.41) is 0. The van der Waals surface area contributed by atoms with Crippen molar-refractivity contribution >= 4 is 43.7 Å². The molecule has 0 bridgehead atoms. The van der Waals surface area contributed by atoms with Crippen LogP contribution >= 0.6 is 0 Å². The van der Waals surface area contributed by atoms with E-state index in [2.05, 4.69) is 0 Å². The molecular weight excluding hydrogens is 526 g/mol. The van der Waals surface area contributed by atoms with E-state index in [1.54, 1.807) is 13.8 Å². The van der Waals surface area contributed by atoms with E-state index in [1.807, 2.05) is 0 Å². The lowest BCUT2D eigenvalue weighted by Gasteiger charge is -2.25. The van der Waals surface area contributed by atoms with Crippen LogP contribution in [0.15, 0.2) is 0 Å². The van der Waals surface area contributed by atoms with Crippen LogP contribution in [0.2, 0.25) is 0 Å². The van der Waals surface area contributed by atoms with E-state index in [0.29, 0.717) is 12.8 Å². The predicted octanol–water partition coefficient (Wildman–Crippen LogP) is 2.56. The second-order valence-corrected chi connectivity index (χ2v) is 10.3. The Morgan fingerprint density at radius 1 is 0.588 bits per heavy atom. The first kappa shape index (κ1) is 31.8.